The van der Waals surface area contributed by atoms with Crippen LogP contribution in [0.2, 0.25) is 0 Å². The van der Waals surface area contributed by atoms with Crippen molar-refractivity contribution < 1.29 is 4.74 Å². The molecule has 20 heavy (non-hydrogen) atoms. The molecule has 6 nitrogen and oxygen atoms in total. The van der Waals surface area contributed by atoms with E-state index in [0.29, 0.717) is 25.5 Å². The van der Waals surface area contributed by atoms with Gasteiger partial charge in [0.25, 0.3) is 5.56 Å². The summed E-state index contributed by atoms with van der Waals surface area (Å²) in [5, 5.41) is 0. The molecule has 1 aliphatic heterocycles. The third-order valence-electron chi connectivity index (χ3n) is 3.59. The van der Waals surface area contributed by atoms with Crippen molar-refractivity contribution in [3.8, 4) is 0 Å². The number of hydrogen-bond acceptors (Lipinski definition) is 5. The van der Waals surface area contributed by atoms with Gasteiger partial charge in [-0.05, 0) is 27.7 Å². The van der Waals surface area contributed by atoms with Crippen LogP contribution in [0.25, 0.3) is 0 Å². The van der Waals surface area contributed by atoms with Gasteiger partial charge in [-0.3, -0.25) is 4.79 Å². The number of rotatable bonds is 2. The first-order valence-corrected chi connectivity index (χ1v) is 7.01. The molecular weight excluding hydrogens is 256 g/mol. The van der Waals surface area contributed by atoms with Gasteiger partial charge >= 0.3 is 0 Å². The second-order valence-corrected chi connectivity index (χ2v) is 6.29. The third kappa shape index (κ3) is 2.86. The molecule has 6 heteroatoms. The first kappa shape index (κ1) is 15.0. The second-order valence-electron chi connectivity index (χ2n) is 6.29. The molecule has 1 aromatic heterocycles. The van der Waals surface area contributed by atoms with Crippen molar-refractivity contribution in [3.63, 3.8) is 0 Å². The van der Waals surface area contributed by atoms with E-state index in [-0.39, 0.29) is 23.2 Å². The first-order chi connectivity index (χ1) is 9.34. The average molecular weight is 280 g/mol. The van der Waals surface area contributed by atoms with Gasteiger partial charge in [-0.15, -0.1) is 0 Å². The van der Waals surface area contributed by atoms with Gasteiger partial charge in [0.05, 0.1) is 18.8 Å². The summed E-state index contributed by atoms with van der Waals surface area (Å²) in [6.45, 7) is 9.66. The molecule has 2 unspecified atom stereocenters. The second kappa shape index (κ2) is 5.54. The minimum absolute atomic E-state index is 0.0457. The molecule has 2 rings (SSSR count). The molecule has 0 aromatic carbocycles. The van der Waals surface area contributed by atoms with Crippen LogP contribution in [0.15, 0.2) is 17.2 Å². The minimum atomic E-state index is -0.266. The monoisotopic (exact) mass is 280 g/mol. The molecule has 0 bridgehead atoms. The van der Waals surface area contributed by atoms with Crippen LogP contribution >= 0.6 is 0 Å². The average Bonchev–Trinajstić information content (AvgIpc) is 2.38. The molecule has 0 saturated carbocycles. The fourth-order valence-electron chi connectivity index (χ4n) is 2.38. The molecular formula is C14H24N4O2. The number of morpholine rings is 1. The van der Waals surface area contributed by atoms with Gasteiger partial charge in [-0.2, -0.15) is 0 Å². The number of anilines is 1. The van der Waals surface area contributed by atoms with Crippen LogP contribution in [0, 0.1) is 0 Å². The van der Waals surface area contributed by atoms with Crippen LogP contribution in [0.5, 0.6) is 0 Å². The van der Waals surface area contributed by atoms with Crippen LogP contribution in [-0.4, -0.2) is 41.4 Å². The van der Waals surface area contributed by atoms with Crippen molar-refractivity contribution in [2.75, 3.05) is 24.6 Å². The molecule has 1 aromatic rings. The molecule has 0 amide bonds. The van der Waals surface area contributed by atoms with E-state index in [1.165, 1.54) is 0 Å². The lowest BCUT2D eigenvalue weighted by molar-refractivity contribution is 0.0278. The minimum Gasteiger partial charge on any atom is -0.373 e. The highest BCUT2D eigenvalue weighted by Crippen LogP contribution is 2.18. The Kier molecular flexibility index (Phi) is 4.15. The number of ether oxygens (including phenoxy) is 1. The summed E-state index contributed by atoms with van der Waals surface area (Å²) < 4.78 is 7.34. The van der Waals surface area contributed by atoms with Gasteiger partial charge in [-0.1, -0.05) is 0 Å². The SMILES string of the molecule is CC1COC(CN)CN1c1nccn(C(C)(C)C)c1=O. The summed E-state index contributed by atoms with van der Waals surface area (Å²) in [5.41, 5.74) is 5.34. The van der Waals surface area contributed by atoms with Crippen LogP contribution < -0.4 is 16.2 Å². The van der Waals surface area contributed by atoms with E-state index < -0.39 is 0 Å². The Labute approximate surface area is 119 Å². The summed E-state index contributed by atoms with van der Waals surface area (Å²) in [7, 11) is 0. The quantitative estimate of drug-likeness (QED) is 0.856. The molecule has 1 fully saturated rings. The van der Waals surface area contributed by atoms with Crippen molar-refractivity contribution in [2.45, 2.75) is 45.4 Å². The molecule has 112 valence electrons. The zero-order valence-electron chi connectivity index (χ0n) is 12.7. The zero-order valence-corrected chi connectivity index (χ0v) is 12.7. The maximum Gasteiger partial charge on any atom is 0.293 e. The predicted molar refractivity (Wildman–Crippen MR) is 79.1 cm³/mol. The van der Waals surface area contributed by atoms with Gasteiger partial charge in [-0.25, -0.2) is 4.98 Å². The molecule has 1 saturated heterocycles. The van der Waals surface area contributed by atoms with Gasteiger partial charge < -0.3 is 19.9 Å². The summed E-state index contributed by atoms with van der Waals surface area (Å²) in [6.07, 6.45) is 3.37. The largest absolute Gasteiger partial charge is 0.373 e. The normalized spacial score (nSPS) is 23.9. The van der Waals surface area contributed by atoms with E-state index >= 15 is 0 Å². The van der Waals surface area contributed by atoms with Gasteiger partial charge in [0.2, 0.25) is 0 Å². The number of hydrogen-bond donors (Lipinski definition) is 1. The van der Waals surface area contributed by atoms with Crippen LogP contribution in [0.4, 0.5) is 5.82 Å². The highest BCUT2D eigenvalue weighted by atomic mass is 16.5. The Morgan fingerprint density at radius 1 is 1.50 bits per heavy atom. The summed E-state index contributed by atoms with van der Waals surface area (Å²) in [4.78, 5) is 18.9. The van der Waals surface area contributed by atoms with Crippen molar-refractivity contribution >= 4 is 5.82 Å². The maximum absolute atomic E-state index is 12.6. The lowest BCUT2D eigenvalue weighted by Gasteiger charge is -2.38. The molecule has 2 atom stereocenters. The fourth-order valence-corrected chi connectivity index (χ4v) is 2.38. The van der Waals surface area contributed by atoms with E-state index in [0.717, 1.165) is 0 Å². The summed E-state index contributed by atoms with van der Waals surface area (Å²) >= 11 is 0. The van der Waals surface area contributed by atoms with Crippen LogP contribution in [0.3, 0.4) is 0 Å². The van der Waals surface area contributed by atoms with Crippen molar-refractivity contribution in [1.82, 2.24) is 9.55 Å². The van der Waals surface area contributed by atoms with E-state index in [9.17, 15) is 4.79 Å². The zero-order chi connectivity index (χ0) is 14.9. The summed E-state index contributed by atoms with van der Waals surface area (Å²) in [6, 6.07) is 0.119. The van der Waals surface area contributed by atoms with Gasteiger partial charge in [0, 0.05) is 31.0 Å². The molecule has 0 aliphatic carbocycles. The Hall–Kier alpha value is -1.40. The van der Waals surface area contributed by atoms with E-state index in [4.69, 9.17) is 10.5 Å². The van der Waals surface area contributed by atoms with Crippen molar-refractivity contribution in [2.24, 2.45) is 5.73 Å². The fraction of sp³-hybridized carbons (Fsp3) is 0.714. The maximum atomic E-state index is 12.6. The molecule has 0 radical (unpaired) electrons. The standard InChI is InChI=1S/C14H24N4O2/c1-10-9-20-11(7-15)8-17(10)12-13(19)18(6-5-16-12)14(2,3)4/h5-6,10-11H,7-9,15H2,1-4H3. The van der Waals surface area contributed by atoms with Gasteiger partial charge in [0.1, 0.15) is 0 Å². The third-order valence-corrected chi connectivity index (χ3v) is 3.59. The predicted octanol–water partition coefficient (Wildman–Crippen LogP) is 0.551. The van der Waals surface area contributed by atoms with Gasteiger partial charge in [0.15, 0.2) is 5.82 Å². The topological polar surface area (TPSA) is 73.4 Å². The number of nitrogens with zero attached hydrogens (tertiary/aromatic N) is 3. The van der Waals surface area contributed by atoms with E-state index in [1.807, 2.05) is 32.6 Å². The Bertz CT molecular complexity index is 521. The molecule has 1 aliphatic rings. The lowest BCUT2D eigenvalue weighted by Crippen LogP contribution is -2.53. The van der Waals surface area contributed by atoms with Crippen LogP contribution in [0.1, 0.15) is 27.7 Å². The molecule has 2 N–H and O–H groups in total. The van der Waals surface area contributed by atoms with Crippen molar-refractivity contribution in [3.05, 3.63) is 22.7 Å². The van der Waals surface area contributed by atoms with E-state index in [2.05, 4.69) is 4.98 Å². The lowest BCUT2D eigenvalue weighted by atomic mass is 10.1. The molecule has 0 spiro atoms. The smallest absolute Gasteiger partial charge is 0.293 e. The molecule has 2 heterocycles. The highest BCUT2D eigenvalue weighted by molar-refractivity contribution is 5.38. The highest BCUT2D eigenvalue weighted by Gasteiger charge is 2.29. The number of aromatic nitrogens is 2. The first-order valence-electron chi connectivity index (χ1n) is 7.01. The summed E-state index contributed by atoms with van der Waals surface area (Å²) in [5.74, 6) is 0.483. The van der Waals surface area contributed by atoms with Crippen LogP contribution in [-0.2, 0) is 10.3 Å². The van der Waals surface area contributed by atoms with E-state index in [1.54, 1.807) is 17.0 Å². The Balaban J connectivity index is 2.39. The number of nitrogens with two attached hydrogens (primary N) is 1. The van der Waals surface area contributed by atoms with Crippen molar-refractivity contribution in [1.29, 1.82) is 0 Å². The Morgan fingerprint density at radius 3 is 2.80 bits per heavy atom. The Morgan fingerprint density at radius 2 is 2.20 bits per heavy atom.